The van der Waals surface area contributed by atoms with Crippen LogP contribution in [0, 0.1) is 0 Å². The second-order valence-electron chi connectivity index (χ2n) is 3.55. The van der Waals surface area contributed by atoms with Gasteiger partial charge in [-0.2, -0.15) is 23.1 Å². The van der Waals surface area contributed by atoms with Crippen molar-refractivity contribution in [3.63, 3.8) is 0 Å². The Bertz CT molecular complexity index is 231. The first-order chi connectivity index (χ1) is 6.74. The molecule has 0 aromatic carbocycles. The summed E-state index contributed by atoms with van der Waals surface area (Å²) in [5, 5.41) is 8.64. The van der Waals surface area contributed by atoms with Crippen LogP contribution in [0.3, 0.4) is 0 Å². The van der Waals surface area contributed by atoms with Crippen LogP contribution in [-0.2, 0) is 0 Å². The summed E-state index contributed by atoms with van der Waals surface area (Å²) in [6.45, 7) is 7.71. The molecule has 0 radical (unpaired) electrons. The zero-order valence-corrected chi connectivity index (χ0v) is 10.8. The summed E-state index contributed by atoms with van der Waals surface area (Å²) in [7, 11) is 0. The van der Waals surface area contributed by atoms with Gasteiger partial charge in [-0.15, -0.1) is 0 Å². The molecule has 0 aliphatic rings. The molecule has 0 bridgehead atoms. The highest BCUT2D eigenvalue weighted by atomic mass is 32.2. The largest absolute Gasteiger partial charge is 0.309 e. The van der Waals surface area contributed by atoms with Crippen molar-refractivity contribution in [2.75, 3.05) is 12.3 Å². The van der Waals surface area contributed by atoms with E-state index in [2.05, 4.69) is 42.9 Å². The minimum atomic E-state index is 0.527. The minimum absolute atomic E-state index is 0.527. The molecule has 1 N–H and O–H groups in total. The van der Waals surface area contributed by atoms with Gasteiger partial charge in [-0.05, 0) is 34.2 Å². The monoisotopic (exact) mass is 229 g/mol. The summed E-state index contributed by atoms with van der Waals surface area (Å²) in [5.41, 5.74) is 1.44. The Morgan fingerprint density at radius 1 is 1.50 bits per heavy atom. The molecule has 0 spiro atoms. The molecule has 1 atom stereocenters. The number of hydrogen-bond donors (Lipinski definition) is 1. The Hall–Kier alpha value is 0.01000. The first kappa shape index (κ1) is 12.1. The van der Waals surface area contributed by atoms with Gasteiger partial charge in [-0.1, -0.05) is 20.8 Å². The van der Waals surface area contributed by atoms with E-state index in [1.807, 2.05) is 11.8 Å². The predicted octanol–water partition coefficient (Wildman–Crippen LogP) is 3.54. The molecule has 3 heteroatoms. The molecule has 1 aromatic rings. The van der Waals surface area contributed by atoms with Gasteiger partial charge in [0.1, 0.15) is 0 Å². The Kier molecular flexibility index (Phi) is 5.60. The molecule has 0 saturated heterocycles. The van der Waals surface area contributed by atoms with Crippen LogP contribution in [0.1, 0.15) is 32.4 Å². The normalized spacial score (nSPS) is 13.4. The standard InChI is InChI=1S/C11H19NS2/c1-4-12-11(8-14-9(2)3)10-5-6-13-7-10/h5-7,9,11-12H,4,8H2,1-3H3. The van der Waals surface area contributed by atoms with Gasteiger partial charge in [0.15, 0.2) is 0 Å². The molecule has 0 saturated carbocycles. The molecule has 0 fully saturated rings. The quantitative estimate of drug-likeness (QED) is 0.801. The van der Waals surface area contributed by atoms with Crippen LogP contribution in [0.25, 0.3) is 0 Å². The van der Waals surface area contributed by atoms with E-state index in [-0.39, 0.29) is 0 Å². The topological polar surface area (TPSA) is 12.0 Å². The molecule has 0 aliphatic heterocycles. The van der Waals surface area contributed by atoms with Crippen LogP contribution in [0.15, 0.2) is 16.8 Å². The van der Waals surface area contributed by atoms with Gasteiger partial charge < -0.3 is 5.32 Å². The van der Waals surface area contributed by atoms with E-state index >= 15 is 0 Å². The van der Waals surface area contributed by atoms with E-state index in [4.69, 9.17) is 0 Å². The average molecular weight is 229 g/mol. The third-order valence-corrected chi connectivity index (χ3v) is 3.89. The number of hydrogen-bond acceptors (Lipinski definition) is 3. The van der Waals surface area contributed by atoms with Crippen molar-refractivity contribution in [2.45, 2.75) is 32.1 Å². The lowest BCUT2D eigenvalue weighted by molar-refractivity contribution is 0.607. The van der Waals surface area contributed by atoms with E-state index in [0.717, 1.165) is 11.8 Å². The van der Waals surface area contributed by atoms with Crippen molar-refractivity contribution in [1.29, 1.82) is 0 Å². The average Bonchev–Trinajstić information content (AvgIpc) is 2.64. The van der Waals surface area contributed by atoms with Crippen LogP contribution in [-0.4, -0.2) is 17.5 Å². The van der Waals surface area contributed by atoms with E-state index in [9.17, 15) is 0 Å². The van der Waals surface area contributed by atoms with Gasteiger partial charge in [0.05, 0.1) is 0 Å². The maximum Gasteiger partial charge on any atom is 0.0420 e. The summed E-state index contributed by atoms with van der Waals surface area (Å²) >= 11 is 3.80. The fourth-order valence-corrected chi connectivity index (χ4v) is 2.88. The molecule has 1 nitrogen and oxygen atoms in total. The Labute approximate surface area is 95.3 Å². The van der Waals surface area contributed by atoms with Gasteiger partial charge in [0, 0.05) is 11.8 Å². The van der Waals surface area contributed by atoms with E-state index in [1.165, 1.54) is 11.3 Å². The van der Waals surface area contributed by atoms with Crippen molar-refractivity contribution in [3.8, 4) is 0 Å². The molecule has 0 amide bonds. The van der Waals surface area contributed by atoms with Crippen LogP contribution >= 0.6 is 23.1 Å². The number of nitrogens with one attached hydrogen (secondary N) is 1. The predicted molar refractivity (Wildman–Crippen MR) is 68.3 cm³/mol. The van der Waals surface area contributed by atoms with Crippen LogP contribution in [0.5, 0.6) is 0 Å². The summed E-state index contributed by atoms with van der Waals surface area (Å²) in [6.07, 6.45) is 0. The summed E-state index contributed by atoms with van der Waals surface area (Å²) in [4.78, 5) is 0. The Balaban J connectivity index is 2.47. The van der Waals surface area contributed by atoms with Crippen LogP contribution < -0.4 is 5.32 Å². The number of rotatable bonds is 6. The second-order valence-corrected chi connectivity index (χ2v) is 5.94. The second kappa shape index (κ2) is 6.49. The Morgan fingerprint density at radius 3 is 2.79 bits per heavy atom. The van der Waals surface area contributed by atoms with E-state index in [0.29, 0.717) is 6.04 Å². The fraction of sp³-hybridized carbons (Fsp3) is 0.636. The third-order valence-electron chi connectivity index (χ3n) is 1.99. The van der Waals surface area contributed by atoms with Crippen molar-refractivity contribution >= 4 is 23.1 Å². The molecule has 1 unspecified atom stereocenters. The number of thioether (sulfide) groups is 1. The smallest absolute Gasteiger partial charge is 0.0420 e. The number of thiophene rings is 1. The highest BCUT2D eigenvalue weighted by molar-refractivity contribution is 7.99. The molecule has 0 aliphatic carbocycles. The molecule has 1 rings (SSSR count). The van der Waals surface area contributed by atoms with Crippen molar-refractivity contribution in [2.24, 2.45) is 0 Å². The summed E-state index contributed by atoms with van der Waals surface area (Å²) < 4.78 is 0. The fourth-order valence-electron chi connectivity index (χ4n) is 1.28. The van der Waals surface area contributed by atoms with Gasteiger partial charge in [-0.3, -0.25) is 0 Å². The van der Waals surface area contributed by atoms with E-state index in [1.54, 1.807) is 11.3 Å². The third kappa shape index (κ3) is 4.03. The van der Waals surface area contributed by atoms with Gasteiger partial charge in [0.2, 0.25) is 0 Å². The zero-order chi connectivity index (χ0) is 10.4. The van der Waals surface area contributed by atoms with Gasteiger partial charge in [0.25, 0.3) is 0 Å². The zero-order valence-electron chi connectivity index (χ0n) is 9.12. The van der Waals surface area contributed by atoms with Gasteiger partial charge >= 0.3 is 0 Å². The Morgan fingerprint density at radius 2 is 2.29 bits per heavy atom. The molecular weight excluding hydrogens is 210 g/mol. The van der Waals surface area contributed by atoms with Crippen molar-refractivity contribution in [1.82, 2.24) is 5.32 Å². The first-order valence-electron chi connectivity index (χ1n) is 5.11. The van der Waals surface area contributed by atoms with Gasteiger partial charge in [-0.25, -0.2) is 0 Å². The molecule has 80 valence electrons. The summed E-state index contributed by atoms with van der Waals surface area (Å²) in [6, 6.07) is 2.75. The van der Waals surface area contributed by atoms with Crippen molar-refractivity contribution in [3.05, 3.63) is 22.4 Å². The SMILES string of the molecule is CCNC(CSC(C)C)c1ccsc1. The molecule has 1 aromatic heterocycles. The maximum atomic E-state index is 3.53. The highest BCUT2D eigenvalue weighted by Crippen LogP contribution is 2.22. The molecule has 1 heterocycles. The lowest BCUT2D eigenvalue weighted by Gasteiger charge is -2.17. The van der Waals surface area contributed by atoms with E-state index < -0.39 is 0 Å². The lowest BCUT2D eigenvalue weighted by Crippen LogP contribution is -2.23. The van der Waals surface area contributed by atoms with Crippen LogP contribution in [0.4, 0.5) is 0 Å². The van der Waals surface area contributed by atoms with Crippen molar-refractivity contribution < 1.29 is 0 Å². The first-order valence-corrected chi connectivity index (χ1v) is 7.10. The minimum Gasteiger partial charge on any atom is -0.309 e. The summed E-state index contributed by atoms with van der Waals surface area (Å²) in [5.74, 6) is 1.17. The van der Waals surface area contributed by atoms with Crippen LogP contribution in [0.2, 0.25) is 0 Å². The molecule has 14 heavy (non-hydrogen) atoms. The maximum absolute atomic E-state index is 3.53. The lowest BCUT2D eigenvalue weighted by atomic mass is 10.2. The molecular formula is C11H19NS2. The highest BCUT2D eigenvalue weighted by Gasteiger charge is 2.11.